The van der Waals surface area contributed by atoms with Crippen molar-refractivity contribution in [2.45, 2.75) is 56.1 Å². The highest BCUT2D eigenvalue weighted by molar-refractivity contribution is 7.89. The lowest BCUT2D eigenvalue weighted by atomic mass is 10.1. The number of rotatable bonds is 9. The van der Waals surface area contributed by atoms with E-state index in [1.807, 2.05) is 12.1 Å². The highest BCUT2D eigenvalue weighted by Crippen LogP contribution is 2.33. The highest BCUT2D eigenvalue weighted by atomic mass is 32.2. The first-order valence-corrected chi connectivity index (χ1v) is 15.1. The predicted octanol–water partition coefficient (Wildman–Crippen LogP) is 4.48. The number of likely N-dealkylation sites (N-methyl/N-ethyl adjacent to an activating group) is 1. The Hall–Kier alpha value is -2.37. The Bertz CT molecular complexity index is 1340. The number of thiazole rings is 1. The van der Waals surface area contributed by atoms with Crippen LogP contribution in [0.15, 0.2) is 47.4 Å². The smallest absolute Gasteiger partial charge is 0.260 e. The molecule has 2 atom stereocenters. The second kappa shape index (κ2) is 11.2. The molecule has 10 heteroatoms. The fourth-order valence-electron chi connectivity index (χ4n) is 4.91. The average Bonchev–Trinajstić information content (AvgIpc) is 3.69. The molecule has 1 amide bonds. The van der Waals surface area contributed by atoms with E-state index in [-0.39, 0.29) is 23.0 Å². The van der Waals surface area contributed by atoms with Gasteiger partial charge in [-0.25, -0.2) is 13.4 Å². The molecule has 0 spiro atoms. The van der Waals surface area contributed by atoms with Gasteiger partial charge in [0.2, 0.25) is 10.0 Å². The number of nitrogens with zero attached hydrogens (tertiary/aromatic N) is 3. The number of ether oxygens (including phenoxy) is 2. The summed E-state index contributed by atoms with van der Waals surface area (Å²) in [5.74, 6) is -0.218. The van der Waals surface area contributed by atoms with Gasteiger partial charge in [-0.1, -0.05) is 30.4 Å². The Morgan fingerprint density at radius 1 is 1.03 bits per heavy atom. The summed E-state index contributed by atoms with van der Waals surface area (Å²) in [5, 5.41) is 0.629. The van der Waals surface area contributed by atoms with Crippen LogP contribution in [-0.2, 0) is 25.9 Å². The minimum absolute atomic E-state index is 0.0484. The van der Waals surface area contributed by atoms with Gasteiger partial charge in [0.25, 0.3) is 5.91 Å². The Balaban J connectivity index is 1.40. The first-order chi connectivity index (χ1) is 17.9. The van der Waals surface area contributed by atoms with Crippen molar-refractivity contribution in [3.05, 3.63) is 53.6 Å². The largest absolute Gasteiger partial charge is 0.377 e. The first-order valence-electron chi connectivity index (χ1n) is 12.9. The third-order valence-electron chi connectivity index (χ3n) is 7.05. The van der Waals surface area contributed by atoms with Crippen molar-refractivity contribution < 1.29 is 22.7 Å². The minimum Gasteiger partial charge on any atom is -0.377 e. The van der Waals surface area contributed by atoms with Crippen molar-refractivity contribution >= 4 is 42.6 Å². The number of anilines is 1. The Morgan fingerprint density at radius 2 is 1.70 bits per heavy atom. The van der Waals surface area contributed by atoms with Crippen molar-refractivity contribution in [1.29, 1.82) is 0 Å². The molecule has 2 fully saturated rings. The molecule has 37 heavy (non-hydrogen) atoms. The van der Waals surface area contributed by atoms with E-state index in [0.717, 1.165) is 47.9 Å². The van der Waals surface area contributed by atoms with Crippen molar-refractivity contribution in [3.63, 3.8) is 0 Å². The summed E-state index contributed by atoms with van der Waals surface area (Å²) in [5.41, 5.74) is 2.48. The molecule has 2 aromatic carbocycles. The number of hydrogen-bond acceptors (Lipinski definition) is 7. The number of aromatic nitrogens is 1. The van der Waals surface area contributed by atoms with Crippen LogP contribution in [0.1, 0.15) is 48.5 Å². The molecule has 0 bridgehead atoms. The molecule has 0 saturated carbocycles. The number of benzene rings is 2. The number of carbonyl (C=O) groups is 1. The van der Waals surface area contributed by atoms with Crippen LogP contribution in [0.25, 0.3) is 10.2 Å². The lowest BCUT2D eigenvalue weighted by Crippen LogP contribution is -2.37. The van der Waals surface area contributed by atoms with Crippen LogP contribution in [0, 0.1) is 0 Å². The Labute approximate surface area is 222 Å². The molecule has 3 heterocycles. The molecule has 2 aliphatic heterocycles. The Morgan fingerprint density at radius 3 is 2.32 bits per heavy atom. The van der Waals surface area contributed by atoms with E-state index < -0.39 is 10.0 Å². The molecule has 0 N–H and O–H groups in total. The summed E-state index contributed by atoms with van der Waals surface area (Å²) < 4.78 is 40.0. The summed E-state index contributed by atoms with van der Waals surface area (Å²) >= 11 is 1.49. The number of hydrogen-bond donors (Lipinski definition) is 0. The van der Waals surface area contributed by atoms with Gasteiger partial charge in [-0.2, -0.15) is 4.31 Å². The molecule has 1 aromatic heterocycles. The zero-order valence-electron chi connectivity index (χ0n) is 21.3. The van der Waals surface area contributed by atoms with E-state index in [0.29, 0.717) is 37.0 Å². The fourth-order valence-corrected chi connectivity index (χ4v) is 7.14. The quantitative estimate of drug-likeness (QED) is 0.395. The predicted molar refractivity (Wildman–Crippen MR) is 145 cm³/mol. The fraction of sp³-hybridized carbons (Fsp3) is 0.481. The van der Waals surface area contributed by atoms with Crippen molar-refractivity contribution in [1.82, 2.24) is 9.29 Å². The molecule has 2 aliphatic rings. The maximum absolute atomic E-state index is 13.7. The number of amides is 1. The van der Waals surface area contributed by atoms with Gasteiger partial charge in [0.05, 0.1) is 33.9 Å². The molecule has 8 nitrogen and oxygen atoms in total. The van der Waals surface area contributed by atoms with Crippen LogP contribution >= 0.6 is 11.3 Å². The summed E-state index contributed by atoms with van der Waals surface area (Å²) in [4.78, 5) is 20.4. The van der Waals surface area contributed by atoms with E-state index in [9.17, 15) is 13.2 Å². The lowest BCUT2D eigenvalue weighted by molar-refractivity contribution is 0.0917. The van der Waals surface area contributed by atoms with E-state index in [4.69, 9.17) is 14.5 Å². The Kier molecular flexibility index (Phi) is 7.92. The number of fused-ring (bicyclic) bond motifs is 1. The summed E-state index contributed by atoms with van der Waals surface area (Å²) in [6.45, 7) is 4.18. The molecule has 5 rings (SSSR count). The first kappa shape index (κ1) is 26.2. The van der Waals surface area contributed by atoms with Crippen LogP contribution < -0.4 is 4.90 Å². The van der Waals surface area contributed by atoms with Crippen molar-refractivity contribution in [3.8, 4) is 0 Å². The third kappa shape index (κ3) is 5.58. The maximum Gasteiger partial charge on any atom is 0.260 e. The van der Waals surface area contributed by atoms with Crippen molar-refractivity contribution in [2.24, 2.45) is 0 Å². The van der Waals surface area contributed by atoms with Gasteiger partial charge < -0.3 is 9.47 Å². The van der Waals surface area contributed by atoms with Crippen LogP contribution in [0.3, 0.4) is 0 Å². The number of sulfonamides is 1. The van der Waals surface area contributed by atoms with Gasteiger partial charge in [0, 0.05) is 32.4 Å². The van der Waals surface area contributed by atoms with Gasteiger partial charge in [0.15, 0.2) is 5.13 Å². The lowest BCUT2D eigenvalue weighted by Gasteiger charge is -2.23. The van der Waals surface area contributed by atoms with Crippen LogP contribution in [-0.4, -0.2) is 69.2 Å². The van der Waals surface area contributed by atoms with Gasteiger partial charge in [-0.15, -0.1) is 0 Å². The number of carbonyl (C=O) groups excluding carboxylic acids is 1. The zero-order chi connectivity index (χ0) is 26.0. The standard InChI is InChI=1S/C27H33N3O5S2/c1-3-19-7-4-10-24-25(19)28-27(36-24)30(18-22-9-6-16-35-22)26(31)20-11-13-23(14-12-20)37(32,33)29(2)17-21-8-5-15-34-21/h4,7,10-14,21-22H,3,5-6,8-9,15-18H2,1-2H3. The van der Waals surface area contributed by atoms with E-state index >= 15 is 0 Å². The SMILES string of the molecule is CCc1cccc2sc(N(CC3CCCO3)C(=O)c3ccc(S(=O)(=O)N(C)CC4CCCO4)cc3)nc12. The molecular weight excluding hydrogens is 510 g/mol. The normalized spacial score (nSPS) is 20.2. The average molecular weight is 544 g/mol. The molecule has 3 aromatic rings. The molecule has 0 aliphatic carbocycles. The number of aryl methyl sites for hydroxylation is 1. The highest BCUT2D eigenvalue weighted by Gasteiger charge is 2.29. The number of para-hydroxylation sites is 1. The molecule has 2 unspecified atom stereocenters. The van der Waals surface area contributed by atoms with Gasteiger partial charge in [-0.3, -0.25) is 9.69 Å². The van der Waals surface area contributed by atoms with Crippen molar-refractivity contribution in [2.75, 3.05) is 38.3 Å². The maximum atomic E-state index is 13.7. The molecule has 2 saturated heterocycles. The van der Waals surface area contributed by atoms with Gasteiger partial charge in [-0.05, 0) is 68.0 Å². The van der Waals surface area contributed by atoms with Crippen LogP contribution in [0.2, 0.25) is 0 Å². The second-order valence-corrected chi connectivity index (χ2v) is 12.7. The minimum atomic E-state index is -3.69. The van der Waals surface area contributed by atoms with Gasteiger partial charge >= 0.3 is 0 Å². The molecule has 198 valence electrons. The molecule has 0 radical (unpaired) electrons. The van der Waals surface area contributed by atoms with Crippen LogP contribution in [0.4, 0.5) is 5.13 Å². The van der Waals surface area contributed by atoms with Gasteiger partial charge in [0.1, 0.15) is 0 Å². The van der Waals surface area contributed by atoms with Crippen LogP contribution in [0.5, 0.6) is 0 Å². The van der Waals surface area contributed by atoms with E-state index in [1.165, 1.54) is 27.8 Å². The third-order valence-corrected chi connectivity index (χ3v) is 9.93. The summed E-state index contributed by atoms with van der Waals surface area (Å²) in [6, 6.07) is 12.3. The van der Waals surface area contributed by atoms with E-state index in [1.54, 1.807) is 24.1 Å². The topological polar surface area (TPSA) is 89.0 Å². The summed E-state index contributed by atoms with van der Waals surface area (Å²) in [6.07, 6.45) is 4.41. The zero-order valence-corrected chi connectivity index (χ0v) is 22.9. The second-order valence-electron chi connectivity index (χ2n) is 9.61. The monoisotopic (exact) mass is 543 g/mol. The van der Waals surface area contributed by atoms with E-state index in [2.05, 4.69) is 13.0 Å². The molecular formula is C27H33N3O5S2. The summed E-state index contributed by atoms with van der Waals surface area (Å²) in [7, 11) is -2.12.